The van der Waals surface area contributed by atoms with Crippen molar-refractivity contribution in [3.05, 3.63) is 71.8 Å². The molecule has 0 atom stereocenters. The molecule has 1 N–H and O–H groups in total. The Morgan fingerprint density at radius 3 is 1.18 bits per heavy atom. The monoisotopic (exact) mass is 302 g/mol. The first-order valence-electron chi connectivity index (χ1n) is 8.54. The van der Waals surface area contributed by atoms with Gasteiger partial charge in [0.1, 0.15) is 0 Å². The van der Waals surface area contributed by atoms with E-state index in [4.69, 9.17) is 5.11 Å². The lowest BCUT2D eigenvalue weighted by molar-refractivity contribution is 0.318. The van der Waals surface area contributed by atoms with Gasteiger partial charge >= 0.3 is 0 Å². The molecule has 1 nitrogen and oxygen atoms in total. The number of hydrogen-bond acceptors (Lipinski definition) is 1. The van der Waals surface area contributed by atoms with E-state index >= 15 is 0 Å². The molecule has 2 rings (SSSR count). The fraction of sp³-hybridized carbons (Fsp3) is 0.429. The molecule has 1 heteroatoms. The lowest BCUT2D eigenvalue weighted by Gasteiger charge is -2.15. The highest BCUT2D eigenvalue weighted by molar-refractivity contribution is 5.31. The molecule has 0 aromatic heterocycles. The largest absolute Gasteiger partial charge is 0.397 e. The van der Waals surface area contributed by atoms with Crippen molar-refractivity contribution in [3.63, 3.8) is 0 Å². The molecular formula is C21H34O. The predicted molar refractivity (Wildman–Crippen MR) is 100 cm³/mol. The third-order valence-corrected chi connectivity index (χ3v) is 2.81. The summed E-state index contributed by atoms with van der Waals surface area (Å²) in [6.07, 6.45) is 1.15. The van der Waals surface area contributed by atoms with Crippen LogP contribution < -0.4 is 0 Å². The van der Waals surface area contributed by atoms with E-state index in [2.05, 4.69) is 67.6 Å². The number of aliphatic hydroxyl groups is 1. The summed E-state index contributed by atoms with van der Waals surface area (Å²) in [6, 6.07) is 21.4. The summed E-state index contributed by atoms with van der Waals surface area (Å²) in [4.78, 5) is 0. The van der Waals surface area contributed by atoms with Gasteiger partial charge < -0.3 is 5.11 Å². The molecule has 0 aliphatic carbocycles. The van der Waals surface area contributed by atoms with Crippen LogP contribution in [0.25, 0.3) is 0 Å². The van der Waals surface area contributed by atoms with Crippen molar-refractivity contribution < 1.29 is 5.11 Å². The summed E-state index contributed by atoms with van der Waals surface area (Å²) in [6.45, 7) is 12.2. The molecule has 0 spiro atoms. The summed E-state index contributed by atoms with van der Waals surface area (Å²) in [5, 5.41) is 7.57. The maximum atomic E-state index is 7.57. The third-order valence-electron chi connectivity index (χ3n) is 2.81. The molecule has 0 unspecified atom stereocenters. The topological polar surface area (TPSA) is 20.2 Å². The second kappa shape index (κ2) is 17.5. The summed E-state index contributed by atoms with van der Waals surface area (Å²) in [5.41, 5.74) is 2.82. The van der Waals surface area contributed by atoms with E-state index in [9.17, 15) is 0 Å². The van der Waals surface area contributed by atoms with Gasteiger partial charge in [-0.25, -0.2) is 0 Å². The van der Waals surface area contributed by atoms with Crippen LogP contribution in [-0.4, -0.2) is 11.7 Å². The average Bonchev–Trinajstić information content (AvgIpc) is 2.62. The first-order chi connectivity index (χ1) is 10.8. The molecule has 0 heterocycles. The van der Waals surface area contributed by atoms with Gasteiger partial charge in [-0.2, -0.15) is 0 Å². The number of benzene rings is 2. The molecule has 124 valence electrons. The molecule has 0 bridgehead atoms. The molecule has 0 aliphatic rings. The smallest absolute Gasteiger partial charge is 0.0402 e. The average molecular weight is 303 g/mol. The quantitative estimate of drug-likeness (QED) is 0.707. The van der Waals surface area contributed by atoms with E-state index in [1.165, 1.54) is 11.1 Å². The van der Waals surface area contributed by atoms with E-state index in [0.717, 1.165) is 6.42 Å². The molecule has 0 saturated heterocycles. The molecule has 0 fully saturated rings. The van der Waals surface area contributed by atoms with Crippen LogP contribution in [0, 0.1) is 0 Å². The number of hydrogen-bond donors (Lipinski definition) is 1. The Labute approximate surface area is 138 Å². The van der Waals surface area contributed by atoms with Gasteiger partial charge in [0.2, 0.25) is 0 Å². The van der Waals surface area contributed by atoms with Crippen LogP contribution in [0.15, 0.2) is 60.7 Å². The minimum atomic E-state index is 0.250. The first kappa shape index (κ1) is 22.7. The molecule has 22 heavy (non-hydrogen) atoms. The molecule has 0 aliphatic heterocycles. The Balaban J connectivity index is 0. The van der Waals surface area contributed by atoms with E-state index in [-0.39, 0.29) is 6.61 Å². The minimum absolute atomic E-state index is 0.250. The summed E-state index contributed by atoms with van der Waals surface area (Å²) >= 11 is 0. The van der Waals surface area contributed by atoms with Gasteiger partial charge in [-0.05, 0) is 24.5 Å². The van der Waals surface area contributed by atoms with Crippen LogP contribution in [0.3, 0.4) is 0 Å². The third kappa shape index (κ3) is 9.36. The SMILES string of the molecule is CC.CC.CCC(c1ccccc1)c1ccccc1.CCO. The molecule has 0 amide bonds. The second-order valence-corrected chi connectivity index (χ2v) is 4.10. The first-order valence-corrected chi connectivity index (χ1v) is 8.54. The Hall–Kier alpha value is -1.60. The normalized spacial score (nSPS) is 8.55. The van der Waals surface area contributed by atoms with Crippen molar-refractivity contribution in [1.29, 1.82) is 0 Å². The van der Waals surface area contributed by atoms with Gasteiger partial charge in [0.25, 0.3) is 0 Å². The van der Waals surface area contributed by atoms with Crippen molar-refractivity contribution in [1.82, 2.24) is 0 Å². The van der Waals surface area contributed by atoms with Crippen molar-refractivity contribution in [2.24, 2.45) is 0 Å². The van der Waals surface area contributed by atoms with E-state index in [1.54, 1.807) is 6.92 Å². The maximum absolute atomic E-state index is 7.57. The van der Waals surface area contributed by atoms with Crippen LogP contribution in [0.2, 0.25) is 0 Å². The van der Waals surface area contributed by atoms with Gasteiger partial charge in [0.05, 0.1) is 0 Å². The van der Waals surface area contributed by atoms with Crippen molar-refractivity contribution >= 4 is 0 Å². The lowest BCUT2D eigenvalue weighted by Crippen LogP contribution is -1.98. The maximum Gasteiger partial charge on any atom is 0.0402 e. The summed E-state index contributed by atoms with van der Waals surface area (Å²) in [5.74, 6) is 0.535. The zero-order valence-electron chi connectivity index (χ0n) is 15.2. The van der Waals surface area contributed by atoms with Crippen LogP contribution >= 0.6 is 0 Å². The van der Waals surface area contributed by atoms with Crippen molar-refractivity contribution in [2.45, 2.75) is 53.9 Å². The van der Waals surface area contributed by atoms with E-state index in [1.807, 2.05) is 27.7 Å². The van der Waals surface area contributed by atoms with Crippen LogP contribution in [-0.2, 0) is 0 Å². The zero-order valence-corrected chi connectivity index (χ0v) is 15.2. The molecular weight excluding hydrogens is 268 g/mol. The van der Waals surface area contributed by atoms with E-state index < -0.39 is 0 Å². The Morgan fingerprint density at radius 1 is 0.682 bits per heavy atom. The van der Waals surface area contributed by atoms with Gasteiger partial charge in [0.15, 0.2) is 0 Å². The molecule has 0 saturated carbocycles. The molecule has 2 aromatic rings. The Bertz CT molecular complexity index is 369. The van der Waals surface area contributed by atoms with Crippen LogP contribution in [0.5, 0.6) is 0 Å². The lowest BCUT2D eigenvalue weighted by atomic mass is 9.89. The predicted octanol–water partition coefficient (Wildman–Crippen LogP) is 6.28. The highest BCUT2D eigenvalue weighted by Crippen LogP contribution is 2.26. The van der Waals surface area contributed by atoms with Crippen molar-refractivity contribution in [3.8, 4) is 0 Å². The van der Waals surface area contributed by atoms with Crippen LogP contribution in [0.4, 0.5) is 0 Å². The van der Waals surface area contributed by atoms with Gasteiger partial charge in [-0.1, -0.05) is 95.3 Å². The Morgan fingerprint density at radius 2 is 0.955 bits per heavy atom. The fourth-order valence-corrected chi connectivity index (χ4v) is 2.03. The highest BCUT2D eigenvalue weighted by atomic mass is 16.2. The minimum Gasteiger partial charge on any atom is -0.397 e. The standard InChI is InChI=1S/C15H16.C2H6O.2C2H6/c1-2-15(13-9-5-3-6-10-13)14-11-7-4-8-12-14;1-2-3;2*1-2/h3-12,15H,2H2,1H3;3H,2H2,1H3;2*1-2H3. The van der Waals surface area contributed by atoms with Gasteiger partial charge in [0, 0.05) is 12.5 Å². The van der Waals surface area contributed by atoms with Crippen molar-refractivity contribution in [2.75, 3.05) is 6.61 Å². The second-order valence-electron chi connectivity index (χ2n) is 4.10. The van der Waals surface area contributed by atoms with Crippen LogP contribution in [0.1, 0.15) is 65.0 Å². The van der Waals surface area contributed by atoms with E-state index in [0.29, 0.717) is 5.92 Å². The fourth-order valence-electron chi connectivity index (χ4n) is 2.03. The number of aliphatic hydroxyl groups excluding tert-OH is 1. The molecule has 2 aromatic carbocycles. The zero-order chi connectivity index (χ0) is 17.2. The van der Waals surface area contributed by atoms with Gasteiger partial charge in [-0.15, -0.1) is 0 Å². The Kier molecular flexibility index (Phi) is 18.0. The summed E-state index contributed by atoms with van der Waals surface area (Å²) < 4.78 is 0. The molecule has 0 radical (unpaired) electrons. The summed E-state index contributed by atoms with van der Waals surface area (Å²) in [7, 11) is 0. The highest BCUT2D eigenvalue weighted by Gasteiger charge is 2.10. The van der Waals surface area contributed by atoms with Gasteiger partial charge in [-0.3, -0.25) is 0 Å². The number of rotatable bonds is 3.